The van der Waals surface area contributed by atoms with Gasteiger partial charge in [0.05, 0.1) is 6.54 Å². The third-order valence-electron chi connectivity index (χ3n) is 2.37. The largest absolute Gasteiger partial charge is 0.355 e. The van der Waals surface area contributed by atoms with Gasteiger partial charge in [0, 0.05) is 6.54 Å². The Kier molecular flexibility index (Phi) is 9.59. The molecule has 0 aromatic heterocycles. The number of nitrogens with one attached hydrogen (secondary N) is 1. The van der Waals surface area contributed by atoms with Crippen molar-refractivity contribution in [1.82, 2.24) is 10.2 Å². The van der Waals surface area contributed by atoms with Gasteiger partial charge in [0.15, 0.2) is 0 Å². The van der Waals surface area contributed by atoms with E-state index in [9.17, 15) is 4.79 Å². The average molecular weight is 214 g/mol. The summed E-state index contributed by atoms with van der Waals surface area (Å²) in [6, 6.07) is 0. The summed E-state index contributed by atoms with van der Waals surface area (Å²) < 4.78 is 0. The quantitative estimate of drug-likeness (QED) is 0.596. The predicted molar refractivity (Wildman–Crippen MR) is 64.9 cm³/mol. The van der Waals surface area contributed by atoms with Gasteiger partial charge in [0.25, 0.3) is 0 Å². The van der Waals surface area contributed by atoms with Crippen LogP contribution in [0.4, 0.5) is 0 Å². The predicted octanol–water partition coefficient (Wildman–Crippen LogP) is 2.02. The van der Waals surface area contributed by atoms with E-state index in [1.54, 1.807) is 0 Å². The summed E-state index contributed by atoms with van der Waals surface area (Å²) in [6.45, 7) is 6.67. The van der Waals surface area contributed by atoms with Gasteiger partial charge in [-0.15, -0.1) is 0 Å². The zero-order valence-electron chi connectivity index (χ0n) is 10.5. The van der Waals surface area contributed by atoms with E-state index in [1.165, 1.54) is 19.3 Å². The fourth-order valence-electron chi connectivity index (χ4n) is 1.54. The highest BCUT2D eigenvalue weighted by Crippen LogP contribution is 1.96. The summed E-state index contributed by atoms with van der Waals surface area (Å²) in [5.41, 5.74) is 0. The van der Waals surface area contributed by atoms with Crippen molar-refractivity contribution in [1.29, 1.82) is 0 Å². The van der Waals surface area contributed by atoms with Crippen LogP contribution in [-0.4, -0.2) is 37.5 Å². The first-order valence-corrected chi connectivity index (χ1v) is 6.16. The molecule has 0 spiro atoms. The summed E-state index contributed by atoms with van der Waals surface area (Å²) in [4.78, 5) is 13.5. The van der Waals surface area contributed by atoms with E-state index in [0.29, 0.717) is 6.54 Å². The molecule has 0 rings (SSSR count). The fourth-order valence-corrected chi connectivity index (χ4v) is 1.54. The van der Waals surface area contributed by atoms with Crippen LogP contribution in [0.25, 0.3) is 0 Å². The molecule has 3 nitrogen and oxygen atoms in total. The minimum absolute atomic E-state index is 0.155. The molecule has 3 heteroatoms. The van der Waals surface area contributed by atoms with Crippen molar-refractivity contribution in [3.05, 3.63) is 0 Å². The highest BCUT2D eigenvalue weighted by atomic mass is 16.1. The lowest BCUT2D eigenvalue weighted by molar-refractivity contribution is -0.121. The van der Waals surface area contributed by atoms with Crippen molar-refractivity contribution >= 4 is 5.91 Å². The highest BCUT2D eigenvalue weighted by molar-refractivity contribution is 5.77. The van der Waals surface area contributed by atoms with E-state index in [1.807, 2.05) is 7.05 Å². The molecule has 0 bridgehead atoms. The first-order chi connectivity index (χ1) is 7.20. The molecule has 0 atom stereocenters. The zero-order chi connectivity index (χ0) is 11.5. The third kappa shape index (κ3) is 9.73. The Labute approximate surface area is 94.2 Å². The second-order valence-electron chi connectivity index (χ2n) is 4.15. The molecule has 0 saturated heterocycles. The summed E-state index contributed by atoms with van der Waals surface area (Å²) in [5, 5.41) is 2.95. The van der Waals surface area contributed by atoms with Crippen molar-refractivity contribution in [3.63, 3.8) is 0 Å². The van der Waals surface area contributed by atoms with Crippen LogP contribution in [0.15, 0.2) is 0 Å². The lowest BCUT2D eigenvalue weighted by Crippen LogP contribution is -2.35. The average Bonchev–Trinajstić information content (AvgIpc) is 2.17. The first-order valence-electron chi connectivity index (χ1n) is 6.16. The molecular formula is C12H26N2O. The number of carbonyl (C=O) groups excluding carboxylic acids is 1. The van der Waals surface area contributed by atoms with Gasteiger partial charge < -0.3 is 5.32 Å². The van der Waals surface area contributed by atoms with Crippen LogP contribution in [-0.2, 0) is 4.79 Å². The Morgan fingerprint density at radius 2 is 1.87 bits per heavy atom. The van der Waals surface area contributed by atoms with E-state index in [0.717, 1.165) is 25.9 Å². The SMILES string of the molecule is CCCCCCNC(=O)CN(C)CCC. The Morgan fingerprint density at radius 1 is 1.13 bits per heavy atom. The molecule has 1 N–H and O–H groups in total. The first kappa shape index (κ1) is 14.4. The van der Waals surface area contributed by atoms with Crippen molar-refractivity contribution in [2.45, 2.75) is 46.0 Å². The molecule has 0 aliphatic heterocycles. The van der Waals surface area contributed by atoms with Gasteiger partial charge in [-0.2, -0.15) is 0 Å². The van der Waals surface area contributed by atoms with Crippen molar-refractivity contribution < 1.29 is 4.79 Å². The van der Waals surface area contributed by atoms with E-state index < -0.39 is 0 Å². The van der Waals surface area contributed by atoms with Crippen molar-refractivity contribution in [2.24, 2.45) is 0 Å². The molecular weight excluding hydrogens is 188 g/mol. The summed E-state index contributed by atoms with van der Waals surface area (Å²) in [6.07, 6.45) is 5.94. The summed E-state index contributed by atoms with van der Waals surface area (Å²) in [7, 11) is 1.99. The molecule has 0 aliphatic rings. The number of likely N-dealkylation sites (N-methyl/N-ethyl adjacent to an activating group) is 1. The second kappa shape index (κ2) is 9.97. The Balaban J connectivity index is 3.32. The normalized spacial score (nSPS) is 10.7. The second-order valence-corrected chi connectivity index (χ2v) is 4.15. The maximum Gasteiger partial charge on any atom is 0.234 e. The van der Waals surface area contributed by atoms with E-state index in [2.05, 4.69) is 24.1 Å². The number of hydrogen-bond donors (Lipinski definition) is 1. The Bertz CT molecular complexity index is 160. The van der Waals surface area contributed by atoms with Crippen LogP contribution in [0.2, 0.25) is 0 Å². The molecule has 90 valence electrons. The lowest BCUT2D eigenvalue weighted by atomic mass is 10.2. The van der Waals surface area contributed by atoms with Crippen LogP contribution in [0.5, 0.6) is 0 Å². The smallest absolute Gasteiger partial charge is 0.234 e. The van der Waals surface area contributed by atoms with Crippen LogP contribution >= 0.6 is 0 Å². The molecule has 0 aliphatic carbocycles. The number of hydrogen-bond acceptors (Lipinski definition) is 2. The van der Waals surface area contributed by atoms with Gasteiger partial charge in [0.2, 0.25) is 5.91 Å². The van der Waals surface area contributed by atoms with Crippen LogP contribution in [0, 0.1) is 0 Å². The summed E-state index contributed by atoms with van der Waals surface area (Å²) in [5.74, 6) is 0.155. The molecule has 0 radical (unpaired) electrons. The van der Waals surface area contributed by atoms with Gasteiger partial charge in [-0.05, 0) is 26.4 Å². The molecule has 1 amide bonds. The van der Waals surface area contributed by atoms with Crippen LogP contribution in [0.3, 0.4) is 0 Å². The molecule has 0 fully saturated rings. The van der Waals surface area contributed by atoms with Crippen molar-refractivity contribution in [2.75, 3.05) is 26.7 Å². The highest BCUT2D eigenvalue weighted by Gasteiger charge is 2.03. The van der Waals surface area contributed by atoms with E-state index in [-0.39, 0.29) is 5.91 Å². The molecule has 0 heterocycles. The third-order valence-corrected chi connectivity index (χ3v) is 2.37. The zero-order valence-corrected chi connectivity index (χ0v) is 10.5. The summed E-state index contributed by atoms with van der Waals surface area (Å²) >= 11 is 0. The molecule has 0 saturated carbocycles. The molecule has 0 unspecified atom stereocenters. The van der Waals surface area contributed by atoms with Crippen LogP contribution < -0.4 is 5.32 Å². The van der Waals surface area contributed by atoms with Gasteiger partial charge in [-0.3, -0.25) is 9.69 Å². The van der Waals surface area contributed by atoms with E-state index >= 15 is 0 Å². The Hall–Kier alpha value is -0.570. The molecule has 0 aromatic carbocycles. The van der Waals surface area contributed by atoms with Gasteiger partial charge in [0.1, 0.15) is 0 Å². The maximum absolute atomic E-state index is 11.4. The van der Waals surface area contributed by atoms with Gasteiger partial charge >= 0.3 is 0 Å². The minimum Gasteiger partial charge on any atom is -0.355 e. The number of amides is 1. The minimum atomic E-state index is 0.155. The van der Waals surface area contributed by atoms with Gasteiger partial charge in [-0.25, -0.2) is 0 Å². The topological polar surface area (TPSA) is 32.3 Å². The number of nitrogens with zero attached hydrogens (tertiary/aromatic N) is 1. The number of unbranched alkanes of at least 4 members (excludes halogenated alkanes) is 3. The van der Waals surface area contributed by atoms with Gasteiger partial charge in [-0.1, -0.05) is 33.1 Å². The van der Waals surface area contributed by atoms with E-state index in [4.69, 9.17) is 0 Å². The standard InChI is InChI=1S/C12H26N2O/c1-4-6-7-8-9-13-12(15)11-14(3)10-5-2/h4-11H2,1-3H3,(H,13,15). The maximum atomic E-state index is 11.4. The van der Waals surface area contributed by atoms with Crippen LogP contribution in [0.1, 0.15) is 46.0 Å². The number of carbonyl (C=O) groups is 1. The monoisotopic (exact) mass is 214 g/mol. The Morgan fingerprint density at radius 3 is 2.47 bits per heavy atom. The number of rotatable bonds is 9. The fraction of sp³-hybridized carbons (Fsp3) is 0.917. The van der Waals surface area contributed by atoms with Crippen molar-refractivity contribution in [3.8, 4) is 0 Å². The molecule has 0 aromatic rings. The molecule has 15 heavy (non-hydrogen) atoms. The lowest BCUT2D eigenvalue weighted by Gasteiger charge is -2.14.